The first-order chi connectivity index (χ1) is 29.2. The average Bonchev–Trinajstić information content (AvgIpc) is 3.65. The van der Waals surface area contributed by atoms with Crippen LogP contribution in [0.3, 0.4) is 0 Å². The van der Waals surface area contributed by atoms with Crippen molar-refractivity contribution in [3.8, 4) is 0 Å². The maximum absolute atomic E-state index is 13.4. The molecule has 0 amide bonds. The Kier molecular flexibility index (Phi) is 13.6. The van der Waals surface area contributed by atoms with Crippen LogP contribution in [-0.2, 0) is 19.2 Å². The molecule has 0 heterocycles. The second-order valence-electron chi connectivity index (χ2n) is 23.9. The molecule has 0 aliphatic heterocycles. The lowest BCUT2D eigenvalue weighted by molar-refractivity contribution is -0.126. The molecule has 344 valence electrons. The van der Waals surface area contributed by atoms with E-state index in [0.717, 1.165) is 103 Å². The Morgan fingerprint density at radius 3 is 1.32 bits per heavy atom. The summed E-state index contributed by atoms with van der Waals surface area (Å²) in [7, 11) is 0. The minimum absolute atomic E-state index is 0.121. The van der Waals surface area contributed by atoms with Gasteiger partial charge >= 0.3 is 0 Å². The summed E-state index contributed by atoms with van der Waals surface area (Å²) in [6.45, 7) is 25.6. The number of carbonyl (C=O) groups excluding carboxylic acids is 4. The van der Waals surface area contributed by atoms with Crippen LogP contribution in [0.5, 0.6) is 0 Å². The van der Waals surface area contributed by atoms with Gasteiger partial charge in [0.15, 0.2) is 0 Å². The highest BCUT2D eigenvalue weighted by Gasteiger charge is 2.63. The van der Waals surface area contributed by atoms with Gasteiger partial charge in [-0.25, -0.2) is 0 Å². The molecule has 0 radical (unpaired) electrons. The van der Waals surface area contributed by atoms with Gasteiger partial charge in [0.05, 0.1) is 11.5 Å². The second kappa shape index (κ2) is 17.9. The van der Waals surface area contributed by atoms with Crippen LogP contribution in [-0.4, -0.2) is 33.3 Å². The molecule has 0 aromatic carbocycles. The van der Waals surface area contributed by atoms with Crippen molar-refractivity contribution >= 4 is 23.1 Å². The van der Waals surface area contributed by atoms with Crippen molar-refractivity contribution in [3.63, 3.8) is 0 Å². The minimum Gasteiger partial charge on any atom is -0.513 e. The molecule has 0 aromatic heterocycles. The Morgan fingerprint density at radius 2 is 0.968 bits per heavy atom. The van der Waals surface area contributed by atoms with E-state index in [-0.39, 0.29) is 56.8 Å². The van der Waals surface area contributed by atoms with E-state index in [0.29, 0.717) is 83.3 Å². The Hall–Kier alpha value is -2.76. The van der Waals surface area contributed by atoms with Gasteiger partial charge in [0.25, 0.3) is 0 Å². The highest BCUT2D eigenvalue weighted by Crippen LogP contribution is 2.68. The molecule has 2 N–H and O–H groups in total. The first-order valence-corrected chi connectivity index (χ1v) is 25.4. The number of allylic oxidation sites excluding steroid dienone is 6. The molecule has 8 unspecified atom stereocenters. The Labute approximate surface area is 375 Å². The fourth-order valence-electron chi connectivity index (χ4n) is 16.7. The van der Waals surface area contributed by atoms with Gasteiger partial charge in [0.1, 0.15) is 23.1 Å². The quantitative estimate of drug-likeness (QED) is 0.149. The maximum Gasteiger partial charge on any atom is 0.137 e. The molecule has 0 spiro atoms. The third-order valence-electron chi connectivity index (χ3n) is 20.6. The largest absolute Gasteiger partial charge is 0.513 e. The summed E-state index contributed by atoms with van der Waals surface area (Å²) in [4.78, 5) is 50.9. The number of hydrogen-bond donors (Lipinski definition) is 2. The van der Waals surface area contributed by atoms with E-state index < -0.39 is 0 Å². The average molecular weight is 853 g/mol. The van der Waals surface area contributed by atoms with Crippen LogP contribution in [0.4, 0.5) is 0 Å². The number of fused-ring (bicyclic) bond motifs is 10. The van der Waals surface area contributed by atoms with E-state index in [1.807, 2.05) is 13.8 Å². The van der Waals surface area contributed by atoms with Crippen molar-refractivity contribution in [1.29, 1.82) is 0 Å². The fourth-order valence-corrected chi connectivity index (χ4v) is 16.7. The van der Waals surface area contributed by atoms with Gasteiger partial charge in [-0.05, 0) is 146 Å². The molecule has 16 atom stereocenters. The van der Waals surface area contributed by atoms with Crippen molar-refractivity contribution in [3.05, 3.63) is 48.0 Å². The SMILES string of the molecule is C=C(O)[C@@H](C)CCCC(C)[C@H]1C(=O)CC2C3CC=C4CC(=O)CC[C@]4(C)C3CC[C@@]21C.C=C(O)[C@H](C)CCCC(C)[C@H]1C(=O)CC2C3CC=C4CC(=O)CC[C@]4(C)C3CC[C@@]21C. The van der Waals surface area contributed by atoms with E-state index in [2.05, 4.69) is 66.9 Å². The Morgan fingerprint density at radius 1 is 0.597 bits per heavy atom. The number of ketones is 4. The van der Waals surface area contributed by atoms with Gasteiger partial charge in [-0.3, -0.25) is 19.2 Å². The lowest BCUT2D eigenvalue weighted by atomic mass is 9.47. The number of rotatable bonds is 12. The number of carbonyl (C=O) groups is 4. The fraction of sp³-hybridized carbons (Fsp3) is 0.786. The summed E-state index contributed by atoms with van der Waals surface area (Å²) in [6, 6.07) is 0. The molecule has 0 bridgehead atoms. The maximum atomic E-state index is 13.4. The van der Waals surface area contributed by atoms with Crippen molar-refractivity contribution in [2.45, 2.75) is 184 Å². The molecule has 8 aliphatic carbocycles. The van der Waals surface area contributed by atoms with Crippen LogP contribution in [0.25, 0.3) is 0 Å². The molecule has 6 nitrogen and oxygen atoms in total. The summed E-state index contributed by atoms with van der Waals surface area (Å²) in [5, 5.41) is 19.2. The molecule has 8 aliphatic rings. The van der Waals surface area contributed by atoms with Crippen LogP contribution in [0.15, 0.2) is 48.0 Å². The van der Waals surface area contributed by atoms with Gasteiger partial charge in [-0.2, -0.15) is 0 Å². The van der Waals surface area contributed by atoms with E-state index in [1.165, 1.54) is 24.0 Å². The standard InChI is InChI=1S/2C28H42O3/c2*1-17(19(3)29)7-6-8-18(2)26-25(31)16-24-22-10-9-20-15-21(30)11-13-27(20,4)23(22)12-14-28(24,26)5/h2*9,17-18,22-24,26,29H,3,6-8,10-16H2,1-2,4-5H3/t17-,18?,22?,23?,24?,26+,27+,28+;17-,18?,22?,23?,24?,26-,27-,28-/m10/s1. The summed E-state index contributed by atoms with van der Waals surface area (Å²) in [5.74, 6) is 7.25. The van der Waals surface area contributed by atoms with E-state index in [1.54, 1.807) is 0 Å². The van der Waals surface area contributed by atoms with Gasteiger partial charge in [-0.15, -0.1) is 0 Å². The van der Waals surface area contributed by atoms with Crippen LogP contribution in [0.1, 0.15) is 184 Å². The van der Waals surface area contributed by atoms with Crippen molar-refractivity contribution in [2.75, 3.05) is 0 Å². The molecule has 8 rings (SSSR count). The van der Waals surface area contributed by atoms with Gasteiger partial charge in [-0.1, -0.05) is 105 Å². The molecule has 6 heteroatoms. The van der Waals surface area contributed by atoms with E-state index >= 15 is 0 Å². The van der Waals surface area contributed by atoms with Crippen LogP contribution in [0.2, 0.25) is 0 Å². The normalized spacial score (nSPS) is 41.6. The number of Topliss-reactive ketones (excluding diaryl/α,β-unsaturated/α-hetero) is 4. The molecule has 0 aromatic rings. The summed E-state index contributed by atoms with van der Waals surface area (Å²) in [6.07, 6.45) is 24.0. The molecular weight excluding hydrogens is 769 g/mol. The highest BCUT2D eigenvalue weighted by molar-refractivity contribution is 5.86. The minimum atomic E-state index is 0.121. The Bertz CT molecular complexity index is 1720. The molecule has 62 heavy (non-hydrogen) atoms. The van der Waals surface area contributed by atoms with Crippen LogP contribution in [0, 0.1) is 92.7 Å². The molecular formula is C56H84O6. The number of aliphatic hydroxyl groups is 2. The summed E-state index contributed by atoms with van der Waals surface area (Å²) < 4.78 is 0. The number of aliphatic hydroxyl groups excluding tert-OH is 2. The lowest BCUT2D eigenvalue weighted by Crippen LogP contribution is -2.50. The van der Waals surface area contributed by atoms with Crippen molar-refractivity contribution < 1.29 is 29.4 Å². The zero-order valence-corrected chi connectivity index (χ0v) is 40.2. The van der Waals surface area contributed by atoms with Crippen LogP contribution < -0.4 is 0 Å². The first-order valence-electron chi connectivity index (χ1n) is 25.4. The van der Waals surface area contributed by atoms with Crippen LogP contribution >= 0.6 is 0 Å². The number of hydrogen-bond acceptors (Lipinski definition) is 6. The lowest BCUT2D eigenvalue weighted by Gasteiger charge is -2.57. The molecule has 0 saturated heterocycles. The topological polar surface area (TPSA) is 109 Å². The third kappa shape index (κ3) is 8.35. The van der Waals surface area contributed by atoms with Gasteiger partial charge in [0.2, 0.25) is 0 Å². The van der Waals surface area contributed by atoms with Crippen molar-refractivity contribution in [1.82, 2.24) is 0 Å². The van der Waals surface area contributed by atoms with E-state index in [4.69, 9.17) is 0 Å². The summed E-state index contributed by atoms with van der Waals surface area (Å²) in [5.41, 5.74) is 3.40. The summed E-state index contributed by atoms with van der Waals surface area (Å²) >= 11 is 0. The highest BCUT2D eigenvalue weighted by atomic mass is 16.3. The zero-order chi connectivity index (χ0) is 45.1. The molecule has 6 saturated carbocycles. The van der Waals surface area contributed by atoms with Gasteiger partial charge < -0.3 is 10.2 Å². The predicted octanol–water partition coefficient (Wildman–Crippen LogP) is 13.7. The zero-order valence-electron chi connectivity index (χ0n) is 40.2. The van der Waals surface area contributed by atoms with Crippen molar-refractivity contribution in [2.24, 2.45) is 92.7 Å². The first kappa shape index (κ1) is 47.2. The second-order valence-corrected chi connectivity index (χ2v) is 23.9. The molecule has 6 fully saturated rings. The Balaban J connectivity index is 0.000000186. The van der Waals surface area contributed by atoms with Gasteiger partial charge in [0, 0.05) is 62.2 Å². The third-order valence-corrected chi connectivity index (χ3v) is 20.6. The monoisotopic (exact) mass is 853 g/mol. The predicted molar refractivity (Wildman–Crippen MR) is 249 cm³/mol. The smallest absolute Gasteiger partial charge is 0.137 e. The van der Waals surface area contributed by atoms with E-state index in [9.17, 15) is 29.4 Å².